The summed E-state index contributed by atoms with van der Waals surface area (Å²) < 4.78 is 5.14. The van der Waals surface area contributed by atoms with Crippen LogP contribution in [0.2, 0.25) is 0 Å². The number of rotatable bonds is 12. The van der Waals surface area contributed by atoms with Gasteiger partial charge in [-0.05, 0) is 38.1 Å². The molecule has 1 aromatic rings. The van der Waals surface area contributed by atoms with Gasteiger partial charge >= 0.3 is 5.97 Å². The molecule has 0 aliphatic carbocycles. The third kappa shape index (κ3) is 9.51. The van der Waals surface area contributed by atoms with E-state index in [-0.39, 0.29) is 12.1 Å². The molecule has 0 aromatic carbocycles. The molecule has 1 heterocycles. The van der Waals surface area contributed by atoms with Crippen molar-refractivity contribution in [3.8, 4) is 0 Å². The fraction of sp³-hybridized carbons (Fsp3) is 0.737. The van der Waals surface area contributed by atoms with E-state index in [1.807, 2.05) is 13.8 Å². The molecule has 0 aliphatic rings. The lowest BCUT2D eigenvalue weighted by molar-refractivity contribution is -0.151. The van der Waals surface area contributed by atoms with Crippen molar-refractivity contribution in [2.24, 2.45) is 0 Å². The van der Waals surface area contributed by atoms with Gasteiger partial charge in [0.2, 0.25) is 0 Å². The number of alkyl halides is 1. The van der Waals surface area contributed by atoms with Crippen molar-refractivity contribution in [1.29, 1.82) is 0 Å². The molecule has 23 heavy (non-hydrogen) atoms. The van der Waals surface area contributed by atoms with E-state index in [1.165, 1.54) is 43.4 Å². The van der Waals surface area contributed by atoms with Crippen molar-refractivity contribution < 1.29 is 9.53 Å². The molecule has 4 heteroatoms. The van der Waals surface area contributed by atoms with E-state index >= 15 is 0 Å². The van der Waals surface area contributed by atoms with Crippen LogP contribution in [-0.2, 0) is 16.0 Å². The van der Waals surface area contributed by atoms with Gasteiger partial charge in [-0.2, -0.15) is 0 Å². The average Bonchev–Trinajstić information content (AvgIpc) is 2.98. The highest BCUT2D eigenvalue weighted by Crippen LogP contribution is 2.23. The van der Waals surface area contributed by atoms with Crippen LogP contribution in [0, 0.1) is 0 Å². The van der Waals surface area contributed by atoms with Crippen LogP contribution in [0.1, 0.15) is 77.0 Å². The van der Waals surface area contributed by atoms with E-state index < -0.39 is 4.32 Å². The van der Waals surface area contributed by atoms with Crippen LogP contribution >= 0.6 is 27.3 Å². The lowest BCUT2D eigenvalue weighted by Gasteiger charge is -2.22. The maximum Gasteiger partial charge on any atom is 0.322 e. The standard InChI is InChI=1S/C19H31BrO2S/c1-4-5-6-7-8-9-10-12-16(15-17-13-11-14-23-17)22-18(21)19(2,3)20/h11,13-14,16H,4-10,12,15H2,1-3H3. The first kappa shape index (κ1) is 20.7. The molecule has 0 bridgehead atoms. The van der Waals surface area contributed by atoms with Gasteiger partial charge in [0.1, 0.15) is 10.4 Å². The van der Waals surface area contributed by atoms with Crippen LogP contribution in [0.5, 0.6) is 0 Å². The summed E-state index contributed by atoms with van der Waals surface area (Å²) >= 11 is 5.13. The van der Waals surface area contributed by atoms with E-state index in [2.05, 4.69) is 40.4 Å². The minimum atomic E-state index is -0.610. The Hall–Kier alpha value is -0.350. The molecule has 1 aromatic heterocycles. The predicted octanol–water partition coefficient (Wildman–Crippen LogP) is 6.52. The molecule has 2 nitrogen and oxygen atoms in total. The van der Waals surface area contributed by atoms with Crippen LogP contribution in [0.4, 0.5) is 0 Å². The Morgan fingerprint density at radius 1 is 1.22 bits per heavy atom. The van der Waals surface area contributed by atoms with Crippen LogP contribution < -0.4 is 0 Å². The topological polar surface area (TPSA) is 26.3 Å². The van der Waals surface area contributed by atoms with Crippen LogP contribution in [-0.4, -0.2) is 16.4 Å². The Balaban J connectivity index is 2.37. The zero-order chi connectivity index (χ0) is 17.1. The van der Waals surface area contributed by atoms with Gasteiger partial charge in [-0.3, -0.25) is 4.79 Å². The van der Waals surface area contributed by atoms with Gasteiger partial charge < -0.3 is 4.74 Å². The molecule has 0 saturated carbocycles. The molecule has 1 unspecified atom stereocenters. The molecule has 0 aliphatic heterocycles. The zero-order valence-electron chi connectivity index (χ0n) is 14.8. The van der Waals surface area contributed by atoms with Gasteiger partial charge in [-0.1, -0.05) is 67.4 Å². The van der Waals surface area contributed by atoms with Crippen molar-refractivity contribution in [3.63, 3.8) is 0 Å². The Morgan fingerprint density at radius 2 is 1.87 bits per heavy atom. The quantitative estimate of drug-likeness (QED) is 0.226. The SMILES string of the molecule is CCCCCCCCCC(Cc1cccs1)OC(=O)C(C)(C)Br. The molecule has 0 saturated heterocycles. The number of carbonyl (C=O) groups excluding carboxylic acids is 1. The number of ether oxygens (including phenoxy) is 1. The average molecular weight is 403 g/mol. The summed E-state index contributed by atoms with van der Waals surface area (Å²) in [5, 5.41) is 2.08. The summed E-state index contributed by atoms with van der Waals surface area (Å²) in [6, 6.07) is 4.18. The fourth-order valence-electron chi connectivity index (χ4n) is 2.48. The molecule has 1 atom stereocenters. The van der Waals surface area contributed by atoms with Gasteiger partial charge in [0.05, 0.1) is 0 Å². The van der Waals surface area contributed by atoms with Crippen molar-refractivity contribution >= 4 is 33.2 Å². The van der Waals surface area contributed by atoms with Gasteiger partial charge in [0.25, 0.3) is 0 Å². The van der Waals surface area contributed by atoms with Crippen LogP contribution in [0.3, 0.4) is 0 Å². The molecular weight excluding hydrogens is 372 g/mol. The highest BCUT2D eigenvalue weighted by atomic mass is 79.9. The maximum atomic E-state index is 12.1. The monoisotopic (exact) mass is 402 g/mol. The fourth-order valence-corrected chi connectivity index (χ4v) is 3.34. The minimum Gasteiger partial charge on any atom is -0.461 e. The molecule has 132 valence electrons. The van der Waals surface area contributed by atoms with Gasteiger partial charge in [-0.25, -0.2) is 0 Å². The first-order chi connectivity index (χ1) is 10.9. The largest absolute Gasteiger partial charge is 0.461 e. The van der Waals surface area contributed by atoms with Crippen LogP contribution in [0.15, 0.2) is 17.5 Å². The zero-order valence-corrected chi connectivity index (χ0v) is 17.2. The number of halogens is 1. The summed E-state index contributed by atoms with van der Waals surface area (Å²) in [5.41, 5.74) is 0. The third-order valence-electron chi connectivity index (χ3n) is 3.90. The molecule has 0 fully saturated rings. The summed E-state index contributed by atoms with van der Waals surface area (Å²) in [4.78, 5) is 13.4. The van der Waals surface area contributed by atoms with Gasteiger partial charge in [0.15, 0.2) is 0 Å². The Labute approximate surface area is 154 Å². The number of unbranched alkanes of at least 4 members (excludes halogenated alkanes) is 6. The highest BCUT2D eigenvalue weighted by molar-refractivity contribution is 9.10. The second kappa shape index (κ2) is 11.2. The minimum absolute atomic E-state index is 0.00591. The third-order valence-corrected chi connectivity index (χ3v) is 5.12. The van der Waals surface area contributed by atoms with Crippen molar-refractivity contribution in [2.75, 3.05) is 0 Å². The van der Waals surface area contributed by atoms with Gasteiger partial charge in [-0.15, -0.1) is 11.3 Å². The first-order valence-electron chi connectivity index (χ1n) is 8.86. The molecule has 0 radical (unpaired) electrons. The van der Waals surface area contributed by atoms with E-state index in [0.29, 0.717) is 0 Å². The van der Waals surface area contributed by atoms with Crippen LogP contribution in [0.25, 0.3) is 0 Å². The second-order valence-electron chi connectivity index (χ2n) is 6.69. The second-order valence-corrected chi connectivity index (χ2v) is 9.71. The number of hydrogen-bond acceptors (Lipinski definition) is 3. The highest BCUT2D eigenvalue weighted by Gasteiger charge is 2.28. The Kier molecular flexibility index (Phi) is 10.1. The molecule has 1 rings (SSSR count). The first-order valence-corrected chi connectivity index (χ1v) is 10.5. The van der Waals surface area contributed by atoms with Gasteiger partial charge in [0, 0.05) is 11.3 Å². The number of thiophene rings is 1. The maximum absolute atomic E-state index is 12.1. The number of esters is 1. The predicted molar refractivity (Wildman–Crippen MR) is 104 cm³/mol. The lowest BCUT2D eigenvalue weighted by Crippen LogP contribution is -2.31. The Morgan fingerprint density at radius 3 is 2.43 bits per heavy atom. The van der Waals surface area contributed by atoms with Crippen molar-refractivity contribution in [1.82, 2.24) is 0 Å². The normalized spacial score (nSPS) is 13.0. The molecule has 0 amide bonds. The summed E-state index contributed by atoms with van der Waals surface area (Å²) in [6.45, 7) is 5.92. The van der Waals surface area contributed by atoms with E-state index in [4.69, 9.17) is 4.74 Å². The van der Waals surface area contributed by atoms with E-state index in [1.54, 1.807) is 11.3 Å². The van der Waals surface area contributed by atoms with Crippen molar-refractivity contribution in [2.45, 2.75) is 89.0 Å². The summed E-state index contributed by atoms with van der Waals surface area (Å²) in [5.74, 6) is -0.165. The Bertz CT molecular complexity index is 423. The number of hydrogen-bond donors (Lipinski definition) is 0. The molecule has 0 spiro atoms. The summed E-state index contributed by atoms with van der Waals surface area (Å²) in [7, 11) is 0. The van der Waals surface area contributed by atoms with E-state index in [0.717, 1.165) is 19.3 Å². The smallest absolute Gasteiger partial charge is 0.322 e. The molecule has 0 N–H and O–H groups in total. The summed E-state index contributed by atoms with van der Waals surface area (Å²) in [6.07, 6.45) is 10.8. The number of carbonyl (C=O) groups is 1. The lowest BCUT2D eigenvalue weighted by atomic mass is 10.0. The van der Waals surface area contributed by atoms with E-state index in [9.17, 15) is 4.79 Å². The van der Waals surface area contributed by atoms with Crippen molar-refractivity contribution in [3.05, 3.63) is 22.4 Å². The molecular formula is C19H31BrO2S.